The maximum atomic E-state index is 12.0. The fourth-order valence-electron chi connectivity index (χ4n) is 1.62. The zero-order valence-corrected chi connectivity index (χ0v) is 11.5. The van der Waals surface area contributed by atoms with Gasteiger partial charge in [-0.25, -0.2) is 0 Å². The van der Waals surface area contributed by atoms with E-state index in [-0.39, 0.29) is 13.1 Å². The van der Waals surface area contributed by atoms with E-state index in [9.17, 15) is 9.59 Å². The largest absolute Gasteiger partial charge is 0.495 e. The third-order valence-electron chi connectivity index (χ3n) is 2.54. The van der Waals surface area contributed by atoms with Crippen molar-refractivity contribution in [2.24, 2.45) is 0 Å². The Hall–Kier alpha value is -2.56. The van der Waals surface area contributed by atoms with E-state index in [4.69, 9.17) is 4.74 Å². The van der Waals surface area contributed by atoms with Crippen molar-refractivity contribution in [3.8, 4) is 5.75 Å². The molecule has 106 valence electrons. The minimum absolute atomic E-state index is 0.282. The molecule has 1 rings (SSSR count). The molecule has 0 aliphatic heterocycles. The molecule has 0 spiro atoms. The average molecular weight is 274 g/mol. The normalized spacial score (nSPS) is 9.45. The molecule has 1 aromatic rings. The number of carbonyl (C=O) groups excluding carboxylic acids is 2. The van der Waals surface area contributed by atoms with Gasteiger partial charge in [0, 0.05) is 13.1 Å². The zero-order valence-electron chi connectivity index (χ0n) is 11.5. The lowest BCUT2D eigenvalue weighted by Gasteiger charge is -2.18. The average Bonchev–Trinajstić information content (AvgIpc) is 2.46. The van der Waals surface area contributed by atoms with Crippen LogP contribution < -0.4 is 10.1 Å². The standard InChI is InChI=1S/C15H18N2O3/c1-4-10-17(11-5-2)15(19)14(18)16-12-8-6-7-9-13(12)20-3/h4-9H,1-2,10-11H2,3H3,(H,16,18). The van der Waals surface area contributed by atoms with Gasteiger partial charge in [-0.1, -0.05) is 24.3 Å². The first kappa shape index (κ1) is 15.5. The number of hydrogen-bond acceptors (Lipinski definition) is 3. The molecule has 2 amide bonds. The molecule has 20 heavy (non-hydrogen) atoms. The van der Waals surface area contributed by atoms with Crippen molar-refractivity contribution < 1.29 is 14.3 Å². The Bertz CT molecular complexity index is 502. The van der Waals surface area contributed by atoms with E-state index >= 15 is 0 Å². The molecule has 5 heteroatoms. The molecule has 0 heterocycles. The topological polar surface area (TPSA) is 58.6 Å². The fraction of sp³-hybridized carbons (Fsp3) is 0.200. The Morgan fingerprint density at radius 3 is 2.40 bits per heavy atom. The number of ether oxygens (including phenoxy) is 1. The highest BCUT2D eigenvalue weighted by molar-refractivity contribution is 6.39. The second-order valence-electron chi connectivity index (χ2n) is 3.94. The van der Waals surface area contributed by atoms with Crippen LogP contribution >= 0.6 is 0 Å². The summed E-state index contributed by atoms with van der Waals surface area (Å²) in [6, 6.07) is 6.88. The lowest BCUT2D eigenvalue weighted by molar-refractivity contribution is -0.142. The number of amides is 2. The first-order valence-electron chi connectivity index (χ1n) is 6.09. The van der Waals surface area contributed by atoms with E-state index in [0.717, 1.165) is 0 Å². The van der Waals surface area contributed by atoms with E-state index < -0.39 is 11.8 Å². The minimum atomic E-state index is -0.724. The van der Waals surface area contributed by atoms with E-state index in [1.165, 1.54) is 12.0 Å². The SMILES string of the molecule is C=CCN(CC=C)C(=O)C(=O)Nc1ccccc1OC. The molecule has 0 radical (unpaired) electrons. The highest BCUT2D eigenvalue weighted by Gasteiger charge is 2.20. The maximum absolute atomic E-state index is 12.0. The number of hydrogen-bond donors (Lipinski definition) is 1. The first-order valence-corrected chi connectivity index (χ1v) is 6.09. The highest BCUT2D eigenvalue weighted by Crippen LogP contribution is 2.22. The molecule has 0 aliphatic carbocycles. The predicted molar refractivity (Wildman–Crippen MR) is 78.6 cm³/mol. The Labute approximate surface area is 118 Å². The number of anilines is 1. The summed E-state index contributed by atoms with van der Waals surface area (Å²) >= 11 is 0. The predicted octanol–water partition coefficient (Wildman–Crippen LogP) is 1.83. The van der Waals surface area contributed by atoms with E-state index in [1.54, 1.807) is 36.4 Å². The summed E-state index contributed by atoms with van der Waals surface area (Å²) in [5, 5.41) is 2.53. The van der Waals surface area contributed by atoms with Crippen molar-refractivity contribution in [3.63, 3.8) is 0 Å². The van der Waals surface area contributed by atoms with Crippen LogP contribution in [0, 0.1) is 0 Å². The van der Waals surface area contributed by atoms with Gasteiger partial charge in [-0.15, -0.1) is 13.2 Å². The number of para-hydroxylation sites is 2. The van der Waals surface area contributed by atoms with Gasteiger partial charge in [0.25, 0.3) is 0 Å². The number of carbonyl (C=O) groups is 2. The fourth-order valence-corrected chi connectivity index (χ4v) is 1.62. The van der Waals surface area contributed by atoms with Crippen LogP contribution in [0.3, 0.4) is 0 Å². The second kappa shape index (κ2) is 7.78. The molecule has 0 bridgehead atoms. The number of nitrogens with one attached hydrogen (secondary N) is 1. The van der Waals surface area contributed by atoms with Gasteiger partial charge < -0.3 is 15.0 Å². The van der Waals surface area contributed by atoms with Crippen LogP contribution in [-0.2, 0) is 9.59 Å². The molecule has 0 saturated heterocycles. The molecular weight excluding hydrogens is 256 g/mol. The van der Waals surface area contributed by atoms with Crippen LogP contribution in [0.4, 0.5) is 5.69 Å². The Morgan fingerprint density at radius 2 is 1.85 bits per heavy atom. The Morgan fingerprint density at radius 1 is 1.25 bits per heavy atom. The van der Waals surface area contributed by atoms with Crippen molar-refractivity contribution in [1.29, 1.82) is 0 Å². The summed E-state index contributed by atoms with van der Waals surface area (Å²) in [5.74, 6) is -0.874. The summed E-state index contributed by atoms with van der Waals surface area (Å²) in [6.07, 6.45) is 3.11. The summed E-state index contributed by atoms with van der Waals surface area (Å²) in [5.41, 5.74) is 0.450. The van der Waals surface area contributed by atoms with Crippen molar-refractivity contribution in [2.45, 2.75) is 0 Å². The summed E-state index contributed by atoms with van der Waals surface area (Å²) < 4.78 is 5.11. The van der Waals surface area contributed by atoms with Crippen molar-refractivity contribution >= 4 is 17.5 Å². The minimum Gasteiger partial charge on any atom is -0.495 e. The number of rotatable bonds is 6. The number of nitrogens with zero attached hydrogens (tertiary/aromatic N) is 1. The van der Waals surface area contributed by atoms with Crippen molar-refractivity contribution in [3.05, 3.63) is 49.6 Å². The van der Waals surface area contributed by atoms with Crippen LogP contribution in [0.5, 0.6) is 5.75 Å². The molecule has 0 aliphatic rings. The maximum Gasteiger partial charge on any atom is 0.314 e. The molecule has 0 saturated carbocycles. The molecule has 0 atom stereocenters. The van der Waals surface area contributed by atoms with Crippen molar-refractivity contribution in [1.82, 2.24) is 4.90 Å². The Kier molecular flexibility index (Phi) is 6.03. The first-order chi connectivity index (χ1) is 9.63. The van der Waals surface area contributed by atoms with Crippen LogP contribution in [-0.4, -0.2) is 36.9 Å². The van der Waals surface area contributed by atoms with Gasteiger partial charge in [0.1, 0.15) is 5.75 Å². The highest BCUT2D eigenvalue weighted by atomic mass is 16.5. The van der Waals surface area contributed by atoms with Gasteiger partial charge in [-0.3, -0.25) is 9.59 Å². The van der Waals surface area contributed by atoms with Crippen LogP contribution in [0.15, 0.2) is 49.6 Å². The quantitative estimate of drug-likeness (QED) is 0.636. The van der Waals surface area contributed by atoms with Crippen molar-refractivity contribution in [2.75, 3.05) is 25.5 Å². The van der Waals surface area contributed by atoms with Gasteiger partial charge >= 0.3 is 11.8 Å². The lowest BCUT2D eigenvalue weighted by Crippen LogP contribution is -2.39. The van der Waals surface area contributed by atoms with E-state index in [0.29, 0.717) is 11.4 Å². The van der Waals surface area contributed by atoms with E-state index in [2.05, 4.69) is 18.5 Å². The van der Waals surface area contributed by atoms with Crippen LogP contribution in [0.1, 0.15) is 0 Å². The van der Waals surface area contributed by atoms with Crippen LogP contribution in [0.2, 0.25) is 0 Å². The molecule has 0 unspecified atom stereocenters. The number of benzene rings is 1. The van der Waals surface area contributed by atoms with Crippen LogP contribution in [0.25, 0.3) is 0 Å². The van der Waals surface area contributed by atoms with Gasteiger partial charge in [-0.05, 0) is 12.1 Å². The molecule has 1 N–H and O–H groups in total. The second-order valence-corrected chi connectivity index (χ2v) is 3.94. The summed E-state index contributed by atoms with van der Waals surface area (Å²) in [4.78, 5) is 25.3. The molecular formula is C15H18N2O3. The summed E-state index contributed by atoms with van der Waals surface area (Å²) in [6.45, 7) is 7.68. The number of methoxy groups -OCH3 is 1. The molecule has 1 aromatic carbocycles. The third-order valence-corrected chi connectivity index (χ3v) is 2.54. The monoisotopic (exact) mass is 274 g/mol. The lowest BCUT2D eigenvalue weighted by atomic mass is 10.3. The summed E-state index contributed by atoms with van der Waals surface area (Å²) in [7, 11) is 1.49. The smallest absolute Gasteiger partial charge is 0.314 e. The molecule has 5 nitrogen and oxygen atoms in total. The van der Waals surface area contributed by atoms with Gasteiger partial charge in [0.2, 0.25) is 0 Å². The Balaban J connectivity index is 2.81. The molecule has 0 aromatic heterocycles. The van der Waals surface area contributed by atoms with Gasteiger partial charge in [0.05, 0.1) is 12.8 Å². The molecule has 0 fully saturated rings. The third kappa shape index (κ3) is 3.98. The zero-order chi connectivity index (χ0) is 15.0. The van der Waals surface area contributed by atoms with Gasteiger partial charge in [0.15, 0.2) is 0 Å². The van der Waals surface area contributed by atoms with E-state index in [1.807, 2.05) is 0 Å². The van der Waals surface area contributed by atoms with Gasteiger partial charge in [-0.2, -0.15) is 0 Å².